The molecule has 0 spiro atoms. The highest BCUT2D eigenvalue weighted by molar-refractivity contribution is 14.0. The van der Waals surface area contributed by atoms with Gasteiger partial charge in [-0.1, -0.05) is 13.0 Å². The molecule has 0 saturated heterocycles. The van der Waals surface area contributed by atoms with Gasteiger partial charge in [0.05, 0.1) is 12.3 Å². The van der Waals surface area contributed by atoms with Gasteiger partial charge >= 0.3 is 0 Å². The van der Waals surface area contributed by atoms with Crippen LogP contribution in [-0.4, -0.2) is 46.3 Å². The first kappa shape index (κ1) is 23.6. The minimum atomic E-state index is -3.10. The first-order chi connectivity index (χ1) is 11.0. The topological polar surface area (TPSA) is 82.6 Å². The number of nitrogens with zero attached hydrogens (tertiary/aromatic N) is 1. The zero-order chi connectivity index (χ0) is 17.1. The molecule has 1 unspecified atom stereocenters. The van der Waals surface area contributed by atoms with Crippen molar-refractivity contribution in [1.82, 2.24) is 15.4 Å². The summed E-state index contributed by atoms with van der Waals surface area (Å²) in [5.41, 5.74) is 0. The van der Waals surface area contributed by atoms with Gasteiger partial charge in [0.15, 0.2) is 5.96 Å². The van der Waals surface area contributed by atoms with E-state index in [0.29, 0.717) is 25.4 Å². The molecule has 0 amide bonds. The van der Waals surface area contributed by atoms with Crippen molar-refractivity contribution >= 4 is 51.3 Å². The van der Waals surface area contributed by atoms with Gasteiger partial charge in [0.25, 0.3) is 0 Å². The molecule has 0 aromatic carbocycles. The van der Waals surface area contributed by atoms with Gasteiger partial charge in [-0.3, -0.25) is 4.99 Å². The maximum Gasteiger partial charge on any atom is 0.211 e. The van der Waals surface area contributed by atoms with Crippen molar-refractivity contribution in [2.24, 2.45) is 4.99 Å². The van der Waals surface area contributed by atoms with Crippen molar-refractivity contribution in [2.45, 2.75) is 33.1 Å². The Labute approximate surface area is 167 Å². The molecule has 0 aliphatic carbocycles. The second kappa shape index (κ2) is 12.9. The molecule has 1 rings (SSSR count). The van der Waals surface area contributed by atoms with Crippen LogP contribution < -0.4 is 15.4 Å². The van der Waals surface area contributed by atoms with Crippen LogP contribution in [0.4, 0.5) is 0 Å². The second-order valence-corrected chi connectivity index (χ2v) is 8.29. The van der Waals surface area contributed by atoms with E-state index < -0.39 is 10.0 Å². The smallest absolute Gasteiger partial charge is 0.211 e. The molecule has 0 bridgehead atoms. The average Bonchev–Trinajstić information content (AvgIpc) is 3.06. The number of thiophene rings is 1. The molecule has 140 valence electrons. The quantitative estimate of drug-likeness (QED) is 0.204. The van der Waals surface area contributed by atoms with E-state index in [1.165, 1.54) is 4.88 Å². The van der Waals surface area contributed by atoms with Crippen LogP contribution in [0.15, 0.2) is 22.5 Å². The first-order valence-corrected chi connectivity index (χ1v) is 10.5. The van der Waals surface area contributed by atoms with Crippen molar-refractivity contribution < 1.29 is 8.42 Å². The van der Waals surface area contributed by atoms with E-state index in [0.717, 1.165) is 19.0 Å². The Morgan fingerprint density at radius 1 is 1.29 bits per heavy atom. The summed E-state index contributed by atoms with van der Waals surface area (Å²) in [7, 11) is -3.10. The maximum atomic E-state index is 11.3. The SMILES string of the molecule is CCNC(=NCC(C)c1cccs1)NCCCNS(=O)(=O)CC.I. The van der Waals surface area contributed by atoms with Gasteiger partial charge in [-0.2, -0.15) is 0 Å². The number of nitrogens with one attached hydrogen (secondary N) is 3. The van der Waals surface area contributed by atoms with E-state index in [1.807, 2.05) is 6.92 Å². The van der Waals surface area contributed by atoms with E-state index in [4.69, 9.17) is 0 Å². The summed E-state index contributed by atoms with van der Waals surface area (Å²) in [5, 5.41) is 8.52. The van der Waals surface area contributed by atoms with Crippen molar-refractivity contribution in [3.05, 3.63) is 22.4 Å². The predicted octanol–water partition coefficient (Wildman–Crippen LogP) is 2.35. The van der Waals surface area contributed by atoms with E-state index >= 15 is 0 Å². The Morgan fingerprint density at radius 3 is 2.62 bits per heavy atom. The fraction of sp³-hybridized carbons (Fsp3) is 0.667. The zero-order valence-corrected chi connectivity index (χ0v) is 18.5. The van der Waals surface area contributed by atoms with Crippen LogP contribution in [0, 0.1) is 0 Å². The number of aliphatic imine (C=N–C) groups is 1. The molecule has 1 heterocycles. The van der Waals surface area contributed by atoms with Crippen LogP contribution in [0.25, 0.3) is 0 Å². The van der Waals surface area contributed by atoms with Gasteiger partial charge in [0.1, 0.15) is 0 Å². The lowest BCUT2D eigenvalue weighted by atomic mass is 10.1. The van der Waals surface area contributed by atoms with Crippen molar-refractivity contribution in [3.63, 3.8) is 0 Å². The van der Waals surface area contributed by atoms with Crippen LogP contribution in [0.5, 0.6) is 0 Å². The highest BCUT2D eigenvalue weighted by Crippen LogP contribution is 2.20. The molecular weight excluding hydrogens is 459 g/mol. The molecule has 0 aliphatic rings. The molecule has 9 heteroatoms. The van der Waals surface area contributed by atoms with Gasteiger partial charge in [-0.15, -0.1) is 35.3 Å². The fourth-order valence-electron chi connectivity index (χ4n) is 1.86. The Bertz CT molecular complexity index is 562. The third kappa shape index (κ3) is 9.80. The standard InChI is InChI=1S/C15H28N4O2S2.HI/c1-4-16-15(17-9-7-10-19-23(20,21)5-2)18-12-13(3)14-8-6-11-22-14;/h6,8,11,13,19H,4-5,7,9-10,12H2,1-3H3,(H2,16,17,18);1H. The number of rotatable bonds is 10. The van der Waals surface area contributed by atoms with Gasteiger partial charge in [0, 0.05) is 30.4 Å². The Hall–Kier alpha value is -0.390. The number of guanidine groups is 1. The average molecular weight is 488 g/mol. The summed E-state index contributed by atoms with van der Waals surface area (Å²) in [5.74, 6) is 1.28. The van der Waals surface area contributed by atoms with Gasteiger partial charge in [0.2, 0.25) is 10.0 Å². The number of hydrogen-bond donors (Lipinski definition) is 3. The van der Waals surface area contributed by atoms with Crippen LogP contribution >= 0.6 is 35.3 Å². The van der Waals surface area contributed by atoms with Crippen LogP contribution in [0.2, 0.25) is 0 Å². The number of sulfonamides is 1. The van der Waals surface area contributed by atoms with E-state index in [2.05, 4.69) is 44.8 Å². The number of halogens is 1. The van der Waals surface area contributed by atoms with Gasteiger partial charge in [-0.25, -0.2) is 13.1 Å². The fourth-order valence-corrected chi connectivity index (χ4v) is 3.29. The normalized spacial score (nSPS) is 13.2. The first-order valence-electron chi connectivity index (χ1n) is 8.01. The summed E-state index contributed by atoms with van der Waals surface area (Å²) >= 11 is 1.75. The van der Waals surface area contributed by atoms with Crippen molar-refractivity contribution in [2.75, 3.05) is 31.9 Å². The summed E-state index contributed by atoms with van der Waals surface area (Å²) in [6.07, 6.45) is 0.712. The molecule has 0 radical (unpaired) electrons. The molecule has 1 atom stereocenters. The van der Waals surface area contributed by atoms with Crippen molar-refractivity contribution in [3.8, 4) is 0 Å². The Kier molecular flexibility index (Phi) is 12.7. The van der Waals surface area contributed by atoms with E-state index in [1.54, 1.807) is 18.3 Å². The van der Waals surface area contributed by atoms with Gasteiger partial charge < -0.3 is 10.6 Å². The summed E-state index contributed by atoms with van der Waals surface area (Å²) in [6, 6.07) is 4.19. The molecule has 1 aromatic heterocycles. The lowest BCUT2D eigenvalue weighted by Gasteiger charge is -2.13. The maximum absolute atomic E-state index is 11.3. The molecular formula is C15H29IN4O2S2. The second-order valence-electron chi connectivity index (χ2n) is 5.21. The molecule has 3 N–H and O–H groups in total. The molecule has 0 fully saturated rings. The molecule has 0 aliphatic heterocycles. The summed E-state index contributed by atoms with van der Waals surface area (Å²) in [6.45, 7) is 8.44. The Morgan fingerprint density at radius 2 is 2.04 bits per heavy atom. The van der Waals surface area contributed by atoms with Crippen LogP contribution in [0.3, 0.4) is 0 Å². The zero-order valence-electron chi connectivity index (χ0n) is 14.5. The molecule has 24 heavy (non-hydrogen) atoms. The lowest BCUT2D eigenvalue weighted by Crippen LogP contribution is -2.39. The highest BCUT2D eigenvalue weighted by atomic mass is 127. The van der Waals surface area contributed by atoms with Crippen LogP contribution in [0.1, 0.15) is 38.0 Å². The van der Waals surface area contributed by atoms with Crippen LogP contribution in [-0.2, 0) is 10.0 Å². The largest absolute Gasteiger partial charge is 0.357 e. The highest BCUT2D eigenvalue weighted by Gasteiger charge is 2.07. The van der Waals surface area contributed by atoms with E-state index in [9.17, 15) is 8.42 Å². The monoisotopic (exact) mass is 488 g/mol. The third-order valence-electron chi connectivity index (χ3n) is 3.24. The van der Waals surface area contributed by atoms with Crippen molar-refractivity contribution in [1.29, 1.82) is 0 Å². The molecule has 0 saturated carbocycles. The summed E-state index contributed by atoms with van der Waals surface area (Å²) < 4.78 is 25.2. The third-order valence-corrected chi connectivity index (χ3v) is 5.75. The molecule has 1 aromatic rings. The number of hydrogen-bond acceptors (Lipinski definition) is 4. The predicted molar refractivity (Wildman–Crippen MR) is 114 cm³/mol. The van der Waals surface area contributed by atoms with Gasteiger partial charge in [-0.05, 0) is 31.7 Å². The minimum Gasteiger partial charge on any atom is -0.357 e. The minimum absolute atomic E-state index is 0. The molecule has 6 nitrogen and oxygen atoms in total. The Balaban J connectivity index is 0.00000529. The lowest BCUT2D eigenvalue weighted by molar-refractivity contribution is 0.579. The van der Waals surface area contributed by atoms with E-state index in [-0.39, 0.29) is 29.7 Å². The summed E-state index contributed by atoms with van der Waals surface area (Å²) in [4.78, 5) is 5.93.